The van der Waals surface area contributed by atoms with Crippen LogP contribution in [0, 0.1) is 0 Å². The first-order valence-electron chi connectivity index (χ1n) is 9.04. The first-order valence-corrected chi connectivity index (χ1v) is 12.8. The normalized spacial score (nSPS) is 20.2. The fourth-order valence-corrected chi connectivity index (χ4v) is 5.63. The molecule has 0 radical (unpaired) electrons. The van der Waals surface area contributed by atoms with Crippen molar-refractivity contribution in [2.75, 3.05) is 11.9 Å². The van der Waals surface area contributed by atoms with E-state index in [2.05, 4.69) is 73.5 Å². The van der Waals surface area contributed by atoms with E-state index in [1.807, 2.05) is 6.92 Å². The molecule has 2 aromatic carbocycles. The molecular formula is C21H29NOSi. The number of benzene rings is 2. The molecule has 0 bridgehead atoms. The van der Waals surface area contributed by atoms with Crippen LogP contribution in [0.5, 0.6) is 5.75 Å². The Kier molecular flexibility index (Phi) is 5.00. The molecule has 2 unspecified atom stereocenters. The molecule has 1 aliphatic rings. The standard InChI is InChI=1S/C21H29NOSi/c1-5-23-18-11-12-20-19(14-18)17(15-24(2,3)4)13-21(22-20)16-9-7-6-8-10-16/h6-12,14,17,21-22H,5,13,15H2,1-4H3. The molecule has 0 aliphatic carbocycles. The third kappa shape index (κ3) is 4.01. The van der Waals surface area contributed by atoms with Crippen molar-refractivity contribution >= 4 is 13.8 Å². The Hall–Kier alpha value is -1.74. The molecule has 0 aromatic heterocycles. The molecule has 0 amide bonds. The first kappa shape index (κ1) is 17.1. The molecule has 24 heavy (non-hydrogen) atoms. The van der Waals surface area contributed by atoms with Crippen molar-refractivity contribution < 1.29 is 4.74 Å². The molecule has 0 fully saturated rings. The lowest BCUT2D eigenvalue weighted by Crippen LogP contribution is -2.28. The van der Waals surface area contributed by atoms with E-state index in [4.69, 9.17) is 4.74 Å². The molecule has 128 valence electrons. The van der Waals surface area contributed by atoms with Crippen LogP contribution < -0.4 is 10.1 Å². The summed E-state index contributed by atoms with van der Waals surface area (Å²) >= 11 is 0. The second-order valence-electron chi connectivity index (χ2n) is 7.99. The summed E-state index contributed by atoms with van der Waals surface area (Å²) < 4.78 is 5.75. The van der Waals surface area contributed by atoms with E-state index < -0.39 is 8.07 Å². The van der Waals surface area contributed by atoms with Crippen molar-refractivity contribution in [2.24, 2.45) is 0 Å². The molecule has 1 heterocycles. The van der Waals surface area contributed by atoms with Crippen LogP contribution in [0.25, 0.3) is 0 Å². The monoisotopic (exact) mass is 339 g/mol. The fraction of sp³-hybridized carbons (Fsp3) is 0.429. The van der Waals surface area contributed by atoms with Gasteiger partial charge in [-0.25, -0.2) is 0 Å². The topological polar surface area (TPSA) is 21.3 Å². The second kappa shape index (κ2) is 7.02. The minimum atomic E-state index is -1.15. The zero-order chi connectivity index (χ0) is 17.2. The lowest BCUT2D eigenvalue weighted by atomic mass is 9.85. The maximum absolute atomic E-state index is 5.75. The summed E-state index contributed by atoms with van der Waals surface area (Å²) in [5, 5.41) is 3.76. The Balaban J connectivity index is 1.95. The summed E-state index contributed by atoms with van der Waals surface area (Å²) in [6, 6.07) is 19.1. The number of ether oxygens (including phenoxy) is 1. The predicted octanol–water partition coefficient (Wildman–Crippen LogP) is 6.06. The Morgan fingerprint density at radius 3 is 2.50 bits per heavy atom. The minimum absolute atomic E-state index is 0.401. The number of fused-ring (bicyclic) bond motifs is 1. The average Bonchev–Trinajstić information content (AvgIpc) is 2.55. The van der Waals surface area contributed by atoms with Crippen LogP contribution in [-0.4, -0.2) is 14.7 Å². The molecule has 3 heteroatoms. The molecule has 2 aromatic rings. The van der Waals surface area contributed by atoms with Crippen LogP contribution in [0.4, 0.5) is 5.69 Å². The number of hydrogen-bond donors (Lipinski definition) is 1. The predicted molar refractivity (Wildman–Crippen MR) is 106 cm³/mol. The van der Waals surface area contributed by atoms with Gasteiger partial charge in [-0.05, 0) is 48.6 Å². The van der Waals surface area contributed by atoms with Crippen LogP contribution in [0.1, 0.15) is 36.4 Å². The summed E-state index contributed by atoms with van der Waals surface area (Å²) in [5.74, 6) is 1.61. The smallest absolute Gasteiger partial charge is 0.119 e. The Morgan fingerprint density at radius 1 is 1.08 bits per heavy atom. The van der Waals surface area contributed by atoms with Crippen LogP contribution in [-0.2, 0) is 0 Å². The van der Waals surface area contributed by atoms with E-state index in [0.29, 0.717) is 12.0 Å². The van der Waals surface area contributed by atoms with Gasteiger partial charge in [-0.15, -0.1) is 0 Å². The number of hydrogen-bond acceptors (Lipinski definition) is 2. The SMILES string of the molecule is CCOc1ccc2c(c1)C(C[Si](C)(C)C)CC(c1ccccc1)N2. The van der Waals surface area contributed by atoms with Gasteiger partial charge < -0.3 is 10.1 Å². The maximum Gasteiger partial charge on any atom is 0.119 e. The molecule has 1 N–H and O–H groups in total. The Bertz CT molecular complexity index is 678. The highest BCUT2D eigenvalue weighted by molar-refractivity contribution is 6.76. The Labute approximate surface area is 147 Å². The molecule has 1 aliphatic heterocycles. The van der Waals surface area contributed by atoms with Crippen molar-refractivity contribution in [1.82, 2.24) is 0 Å². The van der Waals surface area contributed by atoms with Gasteiger partial charge >= 0.3 is 0 Å². The molecule has 0 spiro atoms. The van der Waals surface area contributed by atoms with Crippen molar-refractivity contribution in [3.05, 3.63) is 59.7 Å². The fourth-order valence-electron chi connectivity index (χ4n) is 3.76. The lowest BCUT2D eigenvalue weighted by Gasteiger charge is -2.36. The minimum Gasteiger partial charge on any atom is -0.494 e. The largest absolute Gasteiger partial charge is 0.494 e. The highest BCUT2D eigenvalue weighted by Gasteiger charge is 2.31. The summed E-state index contributed by atoms with van der Waals surface area (Å²) in [4.78, 5) is 0. The van der Waals surface area contributed by atoms with E-state index in [0.717, 1.165) is 18.8 Å². The number of anilines is 1. The molecule has 0 saturated heterocycles. The van der Waals surface area contributed by atoms with Gasteiger partial charge in [0.1, 0.15) is 5.75 Å². The lowest BCUT2D eigenvalue weighted by molar-refractivity contribution is 0.339. The van der Waals surface area contributed by atoms with E-state index in [1.54, 1.807) is 0 Å². The highest BCUT2D eigenvalue weighted by Crippen LogP contribution is 2.45. The molecule has 0 saturated carbocycles. The van der Waals surface area contributed by atoms with E-state index >= 15 is 0 Å². The maximum atomic E-state index is 5.75. The Morgan fingerprint density at radius 2 is 1.83 bits per heavy atom. The van der Waals surface area contributed by atoms with Crippen molar-refractivity contribution in [1.29, 1.82) is 0 Å². The third-order valence-electron chi connectivity index (χ3n) is 4.68. The molecule has 3 rings (SSSR count). The van der Waals surface area contributed by atoms with Crippen LogP contribution in [0.3, 0.4) is 0 Å². The average molecular weight is 340 g/mol. The van der Waals surface area contributed by atoms with Crippen LogP contribution in [0.15, 0.2) is 48.5 Å². The molecule has 2 atom stereocenters. The van der Waals surface area contributed by atoms with Crippen molar-refractivity contribution in [3.8, 4) is 5.75 Å². The van der Waals surface area contributed by atoms with Crippen LogP contribution >= 0.6 is 0 Å². The van der Waals surface area contributed by atoms with Gasteiger partial charge in [0.05, 0.1) is 12.6 Å². The van der Waals surface area contributed by atoms with Gasteiger partial charge in [0.2, 0.25) is 0 Å². The first-order chi connectivity index (χ1) is 11.5. The second-order valence-corrected chi connectivity index (χ2v) is 13.5. The van der Waals surface area contributed by atoms with E-state index in [1.165, 1.54) is 22.9 Å². The number of nitrogens with one attached hydrogen (secondary N) is 1. The summed E-state index contributed by atoms with van der Waals surface area (Å²) in [6.07, 6.45) is 1.16. The summed E-state index contributed by atoms with van der Waals surface area (Å²) in [5.41, 5.74) is 4.11. The molecule has 2 nitrogen and oxygen atoms in total. The van der Waals surface area contributed by atoms with E-state index in [-0.39, 0.29) is 0 Å². The van der Waals surface area contributed by atoms with Gasteiger partial charge in [-0.2, -0.15) is 0 Å². The van der Waals surface area contributed by atoms with Gasteiger partial charge in [0.25, 0.3) is 0 Å². The zero-order valence-corrected chi connectivity index (χ0v) is 16.3. The quantitative estimate of drug-likeness (QED) is 0.668. The van der Waals surface area contributed by atoms with Crippen molar-refractivity contribution in [2.45, 2.75) is 51.0 Å². The highest BCUT2D eigenvalue weighted by atomic mass is 28.3. The van der Waals surface area contributed by atoms with Gasteiger partial charge in [-0.1, -0.05) is 56.0 Å². The van der Waals surface area contributed by atoms with Crippen LogP contribution in [0.2, 0.25) is 25.7 Å². The van der Waals surface area contributed by atoms with E-state index in [9.17, 15) is 0 Å². The van der Waals surface area contributed by atoms with Gasteiger partial charge in [0, 0.05) is 13.8 Å². The molecular weight excluding hydrogens is 310 g/mol. The van der Waals surface area contributed by atoms with Crippen molar-refractivity contribution in [3.63, 3.8) is 0 Å². The van der Waals surface area contributed by atoms with Gasteiger partial charge in [-0.3, -0.25) is 0 Å². The zero-order valence-electron chi connectivity index (χ0n) is 15.3. The van der Waals surface area contributed by atoms with Gasteiger partial charge in [0.15, 0.2) is 0 Å². The third-order valence-corrected chi connectivity index (χ3v) is 6.40. The summed E-state index contributed by atoms with van der Waals surface area (Å²) in [6.45, 7) is 10.2. The summed E-state index contributed by atoms with van der Waals surface area (Å²) in [7, 11) is -1.15. The number of rotatable bonds is 5.